The number of nitrogen functional groups attached to an aromatic ring is 1. The number of imidazole rings is 1. The monoisotopic (exact) mass is 611 g/mol. The maximum absolute atomic E-state index is 13.1. The van der Waals surface area contributed by atoms with Crippen molar-refractivity contribution in [2.75, 3.05) is 44.5 Å². The number of carbonyl (C=O) groups excluding carboxylic acids is 1. The summed E-state index contributed by atoms with van der Waals surface area (Å²) in [5, 5.41) is 2.42. The van der Waals surface area contributed by atoms with Gasteiger partial charge in [-0.3, -0.25) is 14.1 Å². The van der Waals surface area contributed by atoms with Gasteiger partial charge in [0.1, 0.15) is 40.5 Å². The molecule has 0 saturated carbocycles. The maximum Gasteiger partial charge on any atom is 0.416 e. The van der Waals surface area contributed by atoms with Gasteiger partial charge in [-0.05, 0) is 50.1 Å². The van der Waals surface area contributed by atoms with Crippen LogP contribution in [0.15, 0.2) is 48.9 Å². The van der Waals surface area contributed by atoms with E-state index in [4.69, 9.17) is 24.9 Å². The van der Waals surface area contributed by atoms with E-state index in [1.807, 2.05) is 4.40 Å². The Morgan fingerprint density at radius 1 is 1.14 bits per heavy atom. The van der Waals surface area contributed by atoms with E-state index >= 15 is 0 Å². The molecule has 1 amide bonds. The molecule has 3 aromatic heterocycles. The highest BCUT2D eigenvalue weighted by Gasteiger charge is 2.36. The number of morpholine rings is 1. The second kappa shape index (κ2) is 12.0. The number of anilines is 2. The molecule has 2 aliphatic rings. The molecule has 1 aromatic carbocycles. The van der Waals surface area contributed by atoms with Crippen molar-refractivity contribution in [3.63, 3.8) is 0 Å². The number of methoxy groups -OCH3 is 1. The summed E-state index contributed by atoms with van der Waals surface area (Å²) in [6.07, 6.45) is 1.39. The van der Waals surface area contributed by atoms with Crippen LogP contribution in [0.1, 0.15) is 47.6 Å². The number of carbonyl (C=O) groups is 1. The van der Waals surface area contributed by atoms with Crippen LogP contribution >= 0.6 is 0 Å². The number of alkyl halides is 3. The predicted octanol–water partition coefficient (Wildman–Crippen LogP) is 4.59. The molecule has 2 aliphatic heterocycles. The molecule has 232 valence electrons. The molecule has 2 fully saturated rings. The molecular weight excluding hydrogens is 579 g/mol. The number of nitrogens with zero attached hydrogens (tertiary/aromatic N) is 5. The van der Waals surface area contributed by atoms with Crippen molar-refractivity contribution in [2.45, 2.75) is 44.1 Å². The van der Waals surface area contributed by atoms with Crippen molar-refractivity contribution in [1.29, 1.82) is 0 Å². The number of aromatic nitrogens is 4. The third kappa shape index (κ3) is 5.79. The van der Waals surface area contributed by atoms with Gasteiger partial charge < -0.3 is 25.3 Å². The lowest BCUT2D eigenvalue weighted by Gasteiger charge is -2.43. The van der Waals surface area contributed by atoms with Crippen molar-refractivity contribution in [1.82, 2.24) is 24.3 Å². The Bertz CT molecular complexity index is 1670. The van der Waals surface area contributed by atoms with Crippen LogP contribution in [0.2, 0.25) is 0 Å². The average molecular weight is 612 g/mol. The van der Waals surface area contributed by atoms with Crippen molar-refractivity contribution in [3.8, 4) is 17.0 Å². The van der Waals surface area contributed by atoms with Crippen LogP contribution in [0.25, 0.3) is 16.8 Å². The fourth-order valence-corrected chi connectivity index (χ4v) is 5.85. The third-order valence-electron chi connectivity index (χ3n) is 8.09. The van der Waals surface area contributed by atoms with E-state index in [1.165, 1.54) is 19.2 Å². The molecule has 0 radical (unpaired) electrons. The van der Waals surface area contributed by atoms with Gasteiger partial charge in [-0.2, -0.15) is 13.2 Å². The lowest BCUT2D eigenvalue weighted by atomic mass is 10.0. The Hall–Kier alpha value is -4.27. The molecule has 5 heterocycles. The number of hydrogen-bond donors (Lipinski definition) is 2. The van der Waals surface area contributed by atoms with Crippen LogP contribution < -0.4 is 15.8 Å². The molecule has 0 unspecified atom stereocenters. The molecule has 3 N–H and O–H groups in total. The highest BCUT2D eigenvalue weighted by atomic mass is 19.4. The third-order valence-corrected chi connectivity index (χ3v) is 8.09. The summed E-state index contributed by atoms with van der Waals surface area (Å²) in [5.74, 6) is 0.342. The van der Waals surface area contributed by atoms with Crippen LogP contribution in [0.4, 0.5) is 24.8 Å². The Morgan fingerprint density at radius 3 is 2.68 bits per heavy atom. The summed E-state index contributed by atoms with van der Waals surface area (Å²) in [6.45, 7) is 4.83. The highest BCUT2D eigenvalue weighted by Crippen LogP contribution is 2.38. The van der Waals surface area contributed by atoms with E-state index in [1.54, 1.807) is 18.5 Å². The number of ether oxygens (including phenoxy) is 3. The van der Waals surface area contributed by atoms with Gasteiger partial charge in [0.25, 0.3) is 5.91 Å². The molecule has 0 spiro atoms. The first-order chi connectivity index (χ1) is 21.1. The fourth-order valence-electron chi connectivity index (χ4n) is 5.85. The summed E-state index contributed by atoms with van der Waals surface area (Å²) in [5.41, 5.74) is 7.21. The standard InChI is InChI=1S/C30H32F3N7O4/c1-17-16-44-23(15-40(17)20-6-11-43-12-7-20)28-38-25(26-27(34)36-9-10-39(26)28)21-4-3-18(13-22(21)42-2)29(41)37-24-14-19(5-8-35-24)30(31,32)33/h3-5,8-10,13-14,17,20,23H,6-7,11-12,15-16H2,1-2H3,(H2,34,36)(H,35,37,41)/t17-,23+/m0/s1. The van der Waals surface area contributed by atoms with Crippen molar-refractivity contribution in [2.24, 2.45) is 0 Å². The number of halogens is 3. The quantitative estimate of drug-likeness (QED) is 0.322. The normalized spacial score (nSPS) is 20.1. The molecule has 6 rings (SSSR count). The van der Waals surface area contributed by atoms with E-state index in [-0.39, 0.29) is 29.3 Å². The van der Waals surface area contributed by atoms with Crippen molar-refractivity contribution >= 4 is 23.1 Å². The van der Waals surface area contributed by atoms with E-state index in [9.17, 15) is 18.0 Å². The molecule has 0 aliphatic carbocycles. The Kier molecular flexibility index (Phi) is 8.14. The molecule has 2 saturated heterocycles. The van der Waals surface area contributed by atoms with Crippen molar-refractivity contribution in [3.05, 3.63) is 65.9 Å². The van der Waals surface area contributed by atoms with Crippen LogP contribution in [0, 0.1) is 0 Å². The average Bonchev–Trinajstić information content (AvgIpc) is 3.42. The highest BCUT2D eigenvalue weighted by molar-refractivity contribution is 6.04. The first-order valence-corrected chi connectivity index (χ1v) is 14.2. The number of nitrogens with one attached hydrogen (secondary N) is 1. The molecular formula is C30H32F3N7O4. The van der Waals surface area contributed by atoms with Crippen LogP contribution in [-0.4, -0.2) is 75.7 Å². The predicted molar refractivity (Wildman–Crippen MR) is 155 cm³/mol. The van der Waals surface area contributed by atoms with Gasteiger partial charge >= 0.3 is 6.18 Å². The second-order valence-corrected chi connectivity index (χ2v) is 10.9. The largest absolute Gasteiger partial charge is 0.496 e. The molecule has 2 atom stereocenters. The van der Waals surface area contributed by atoms with Crippen LogP contribution in [0.5, 0.6) is 5.75 Å². The van der Waals surface area contributed by atoms with E-state index in [0.717, 1.165) is 44.4 Å². The van der Waals surface area contributed by atoms with Crippen molar-refractivity contribution < 1.29 is 32.2 Å². The Labute approximate surface area is 251 Å². The zero-order chi connectivity index (χ0) is 31.0. The van der Waals surface area contributed by atoms with Gasteiger partial charge in [0.05, 0.1) is 19.3 Å². The molecule has 4 aromatic rings. The van der Waals surface area contributed by atoms with Crippen LogP contribution in [0.3, 0.4) is 0 Å². The van der Waals surface area contributed by atoms with E-state index in [0.29, 0.717) is 47.5 Å². The fraction of sp³-hybridized carbons (Fsp3) is 0.400. The summed E-state index contributed by atoms with van der Waals surface area (Å²) in [7, 11) is 1.45. The van der Waals surface area contributed by atoms with Gasteiger partial charge in [0, 0.05) is 61.6 Å². The molecule has 0 bridgehead atoms. The first-order valence-electron chi connectivity index (χ1n) is 14.2. The van der Waals surface area contributed by atoms with E-state index in [2.05, 4.69) is 27.1 Å². The topological polar surface area (TPSA) is 129 Å². The minimum atomic E-state index is -4.57. The number of nitrogens with two attached hydrogens (primary N) is 1. The summed E-state index contributed by atoms with van der Waals surface area (Å²) < 4.78 is 58.8. The van der Waals surface area contributed by atoms with Gasteiger partial charge in [-0.1, -0.05) is 0 Å². The smallest absolute Gasteiger partial charge is 0.416 e. The lowest BCUT2D eigenvalue weighted by Crippen LogP contribution is -2.52. The number of hydrogen-bond acceptors (Lipinski definition) is 9. The molecule has 14 heteroatoms. The minimum Gasteiger partial charge on any atom is -0.496 e. The summed E-state index contributed by atoms with van der Waals surface area (Å²) >= 11 is 0. The Balaban J connectivity index is 1.32. The number of fused-ring (bicyclic) bond motifs is 1. The number of amides is 1. The van der Waals surface area contributed by atoms with Gasteiger partial charge in [-0.15, -0.1) is 0 Å². The van der Waals surface area contributed by atoms with E-state index < -0.39 is 17.6 Å². The lowest BCUT2D eigenvalue weighted by molar-refractivity contribution is -0.137. The minimum absolute atomic E-state index is 0.149. The van der Waals surface area contributed by atoms with Gasteiger partial charge in [0.2, 0.25) is 0 Å². The number of rotatable bonds is 6. The van der Waals surface area contributed by atoms with Gasteiger partial charge in [-0.25, -0.2) is 15.0 Å². The zero-order valence-corrected chi connectivity index (χ0v) is 24.2. The zero-order valence-electron chi connectivity index (χ0n) is 24.2. The summed E-state index contributed by atoms with van der Waals surface area (Å²) in [4.78, 5) is 28.6. The number of pyridine rings is 1. The van der Waals surface area contributed by atoms with Gasteiger partial charge in [0.15, 0.2) is 0 Å². The maximum atomic E-state index is 13.1. The number of benzene rings is 1. The molecule has 11 nitrogen and oxygen atoms in total. The van der Waals surface area contributed by atoms with Crippen LogP contribution in [-0.2, 0) is 15.7 Å². The summed E-state index contributed by atoms with van der Waals surface area (Å²) in [6, 6.07) is 6.92. The first kappa shape index (κ1) is 29.8. The Morgan fingerprint density at radius 2 is 1.93 bits per heavy atom. The molecule has 44 heavy (non-hydrogen) atoms. The SMILES string of the molecule is COc1cc(C(=O)Nc2cc(C(F)(F)F)ccn2)ccc1-c1nc([C@H]2CN(C3CCOCC3)[C@@H](C)CO2)n2ccnc(N)c12. The second-order valence-electron chi connectivity index (χ2n) is 10.9.